The molecule has 0 bridgehead atoms. The molecule has 1 heterocycles. The molecule has 22 heavy (non-hydrogen) atoms. The van der Waals surface area contributed by atoms with Gasteiger partial charge in [-0.1, -0.05) is 28.1 Å². The molecule has 112 valence electrons. The number of nitrogens with one attached hydrogen (secondary N) is 1. The summed E-state index contributed by atoms with van der Waals surface area (Å²) >= 11 is 9.22. The monoisotopic (exact) mass is 381 g/mol. The summed E-state index contributed by atoms with van der Waals surface area (Å²) in [5.41, 5.74) is 1.57. The largest absolute Gasteiger partial charge is 0.322 e. The van der Waals surface area contributed by atoms with E-state index in [1.807, 2.05) is 24.3 Å². The standard InChI is InChI=1S/C15H10BrClFN3O/c16-9-5-6-11(10(18)7-9)19-14(22)8-21-13-4-2-1-3-12(13)20-15(21)17/h1-7H,8H2,(H,19,22). The number of hydrogen-bond donors (Lipinski definition) is 1. The van der Waals surface area contributed by atoms with Crippen molar-refractivity contribution >= 4 is 50.2 Å². The fraction of sp³-hybridized carbons (Fsp3) is 0.0667. The first-order valence-corrected chi connectivity index (χ1v) is 7.57. The van der Waals surface area contributed by atoms with E-state index in [1.165, 1.54) is 12.1 Å². The molecule has 0 aliphatic carbocycles. The number of amides is 1. The number of fused-ring (bicyclic) bond motifs is 1. The first-order chi connectivity index (χ1) is 10.5. The van der Waals surface area contributed by atoms with E-state index in [0.29, 0.717) is 9.99 Å². The Bertz CT molecular complexity index is 865. The zero-order chi connectivity index (χ0) is 15.7. The van der Waals surface area contributed by atoms with Gasteiger partial charge in [-0.2, -0.15) is 0 Å². The van der Waals surface area contributed by atoms with Gasteiger partial charge >= 0.3 is 0 Å². The van der Waals surface area contributed by atoms with Crippen LogP contribution in [0.2, 0.25) is 5.28 Å². The summed E-state index contributed by atoms with van der Waals surface area (Å²) in [6, 6.07) is 11.7. The van der Waals surface area contributed by atoms with E-state index in [1.54, 1.807) is 10.6 Å². The number of para-hydroxylation sites is 2. The van der Waals surface area contributed by atoms with Crippen LogP contribution in [-0.2, 0) is 11.3 Å². The van der Waals surface area contributed by atoms with Crippen molar-refractivity contribution < 1.29 is 9.18 Å². The highest BCUT2D eigenvalue weighted by molar-refractivity contribution is 9.10. The minimum atomic E-state index is -0.510. The van der Waals surface area contributed by atoms with Crippen LogP contribution < -0.4 is 5.32 Å². The van der Waals surface area contributed by atoms with E-state index < -0.39 is 5.82 Å². The minimum Gasteiger partial charge on any atom is -0.322 e. The Labute approximate surface area is 139 Å². The molecule has 0 saturated carbocycles. The number of rotatable bonds is 3. The van der Waals surface area contributed by atoms with Crippen molar-refractivity contribution in [3.63, 3.8) is 0 Å². The molecular weight excluding hydrogens is 373 g/mol. The summed E-state index contributed by atoms with van der Waals surface area (Å²) in [5.74, 6) is -0.893. The lowest BCUT2D eigenvalue weighted by atomic mass is 10.3. The maximum absolute atomic E-state index is 13.7. The second kappa shape index (κ2) is 6.06. The molecule has 0 aliphatic heterocycles. The summed E-state index contributed by atoms with van der Waals surface area (Å²) in [7, 11) is 0. The van der Waals surface area contributed by atoms with Crippen molar-refractivity contribution in [1.82, 2.24) is 9.55 Å². The molecule has 0 spiro atoms. The van der Waals surface area contributed by atoms with Gasteiger partial charge in [0.25, 0.3) is 0 Å². The van der Waals surface area contributed by atoms with Crippen molar-refractivity contribution in [3.8, 4) is 0 Å². The Morgan fingerprint density at radius 1 is 1.32 bits per heavy atom. The van der Waals surface area contributed by atoms with Crippen molar-refractivity contribution in [3.05, 3.63) is 58.0 Å². The molecule has 3 rings (SSSR count). The van der Waals surface area contributed by atoms with Gasteiger partial charge in [-0.3, -0.25) is 4.79 Å². The first kappa shape index (κ1) is 15.0. The third-order valence-corrected chi connectivity index (χ3v) is 3.90. The van der Waals surface area contributed by atoms with Gasteiger partial charge in [-0.05, 0) is 41.9 Å². The molecule has 2 aromatic carbocycles. The van der Waals surface area contributed by atoms with Gasteiger partial charge in [0.1, 0.15) is 12.4 Å². The number of halogens is 3. The Morgan fingerprint density at radius 2 is 2.09 bits per heavy atom. The molecule has 0 aliphatic rings. The Balaban J connectivity index is 1.83. The lowest BCUT2D eigenvalue weighted by Crippen LogP contribution is -2.19. The summed E-state index contributed by atoms with van der Waals surface area (Å²) in [6.07, 6.45) is 0. The molecule has 0 atom stereocenters. The Kier molecular flexibility index (Phi) is 4.13. The Morgan fingerprint density at radius 3 is 2.86 bits per heavy atom. The van der Waals surface area contributed by atoms with Crippen LogP contribution in [0.25, 0.3) is 11.0 Å². The summed E-state index contributed by atoms with van der Waals surface area (Å²) < 4.78 is 15.9. The molecular formula is C15H10BrClFN3O. The summed E-state index contributed by atoms with van der Waals surface area (Å²) in [5, 5.41) is 2.74. The van der Waals surface area contributed by atoms with Crippen molar-refractivity contribution in [2.45, 2.75) is 6.54 Å². The average molecular weight is 383 g/mol. The topological polar surface area (TPSA) is 46.9 Å². The normalized spacial score (nSPS) is 10.9. The highest BCUT2D eigenvalue weighted by Gasteiger charge is 2.13. The number of imidazole rings is 1. The van der Waals surface area contributed by atoms with Gasteiger partial charge in [-0.15, -0.1) is 0 Å². The predicted octanol–water partition coefficient (Wildman–Crippen LogP) is 4.23. The maximum atomic E-state index is 13.7. The SMILES string of the molecule is O=C(Cn1c(Cl)nc2ccccc21)Nc1ccc(Br)cc1F. The van der Waals surface area contributed by atoms with Gasteiger partial charge < -0.3 is 9.88 Å². The average Bonchev–Trinajstić information content (AvgIpc) is 2.78. The van der Waals surface area contributed by atoms with Crippen LogP contribution in [0.1, 0.15) is 0 Å². The van der Waals surface area contributed by atoms with Crippen molar-refractivity contribution in [1.29, 1.82) is 0 Å². The molecule has 7 heteroatoms. The number of anilines is 1. The number of hydrogen-bond acceptors (Lipinski definition) is 2. The predicted molar refractivity (Wildman–Crippen MR) is 87.5 cm³/mol. The van der Waals surface area contributed by atoms with Crippen LogP contribution >= 0.6 is 27.5 Å². The van der Waals surface area contributed by atoms with Crippen molar-refractivity contribution in [2.75, 3.05) is 5.32 Å². The first-order valence-electron chi connectivity index (χ1n) is 6.40. The number of carbonyl (C=O) groups is 1. The van der Waals surface area contributed by atoms with Crippen LogP contribution in [-0.4, -0.2) is 15.5 Å². The van der Waals surface area contributed by atoms with Crippen molar-refractivity contribution in [2.24, 2.45) is 0 Å². The number of carbonyl (C=O) groups excluding carboxylic acids is 1. The zero-order valence-corrected chi connectivity index (χ0v) is 13.5. The minimum absolute atomic E-state index is 0.0468. The van der Waals surface area contributed by atoms with Gasteiger partial charge in [0.15, 0.2) is 0 Å². The fourth-order valence-corrected chi connectivity index (χ4v) is 2.70. The van der Waals surface area contributed by atoms with E-state index in [4.69, 9.17) is 11.6 Å². The highest BCUT2D eigenvalue weighted by atomic mass is 79.9. The highest BCUT2D eigenvalue weighted by Crippen LogP contribution is 2.21. The molecule has 1 aromatic heterocycles. The van der Waals surface area contributed by atoms with Gasteiger partial charge in [-0.25, -0.2) is 9.37 Å². The molecule has 1 N–H and O–H groups in total. The van der Waals surface area contributed by atoms with Crippen LogP contribution in [0.5, 0.6) is 0 Å². The van der Waals surface area contributed by atoms with Crippen LogP contribution in [0.15, 0.2) is 46.9 Å². The molecule has 0 unspecified atom stereocenters. The quantitative estimate of drug-likeness (QED) is 0.737. The van der Waals surface area contributed by atoms with E-state index in [-0.39, 0.29) is 23.4 Å². The van der Waals surface area contributed by atoms with E-state index in [2.05, 4.69) is 26.2 Å². The van der Waals surface area contributed by atoms with E-state index in [0.717, 1.165) is 5.52 Å². The van der Waals surface area contributed by atoms with Crippen LogP contribution in [0.3, 0.4) is 0 Å². The second-order valence-corrected chi connectivity index (χ2v) is 5.88. The number of nitrogens with zero attached hydrogens (tertiary/aromatic N) is 2. The Hall–Kier alpha value is -1.92. The zero-order valence-electron chi connectivity index (χ0n) is 11.2. The molecule has 0 fully saturated rings. The second-order valence-electron chi connectivity index (χ2n) is 4.63. The molecule has 3 aromatic rings. The molecule has 0 saturated heterocycles. The van der Waals surface area contributed by atoms with E-state index >= 15 is 0 Å². The summed E-state index contributed by atoms with van der Waals surface area (Å²) in [6.45, 7) is -0.0468. The third kappa shape index (κ3) is 2.98. The number of aromatic nitrogens is 2. The smallest absolute Gasteiger partial charge is 0.244 e. The van der Waals surface area contributed by atoms with Gasteiger partial charge in [0.05, 0.1) is 16.7 Å². The third-order valence-electron chi connectivity index (χ3n) is 3.11. The van der Waals surface area contributed by atoms with Crippen LogP contribution in [0, 0.1) is 5.82 Å². The lowest BCUT2D eigenvalue weighted by Gasteiger charge is -2.08. The van der Waals surface area contributed by atoms with Crippen LogP contribution in [0.4, 0.5) is 10.1 Å². The molecule has 1 amide bonds. The maximum Gasteiger partial charge on any atom is 0.244 e. The molecule has 0 radical (unpaired) electrons. The van der Waals surface area contributed by atoms with Gasteiger partial charge in [0.2, 0.25) is 11.2 Å². The van der Waals surface area contributed by atoms with Gasteiger partial charge in [0, 0.05) is 4.47 Å². The summed E-state index contributed by atoms with van der Waals surface area (Å²) in [4.78, 5) is 16.3. The fourth-order valence-electron chi connectivity index (χ4n) is 2.12. The van der Waals surface area contributed by atoms with E-state index in [9.17, 15) is 9.18 Å². The number of benzene rings is 2. The lowest BCUT2D eigenvalue weighted by molar-refractivity contribution is -0.116. The molecule has 4 nitrogen and oxygen atoms in total.